The van der Waals surface area contributed by atoms with E-state index in [9.17, 15) is 4.79 Å². The highest BCUT2D eigenvalue weighted by atomic mass is 16.6. The van der Waals surface area contributed by atoms with Gasteiger partial charge in [-0.3, -0.25) is 0 Å². The van der Waals surface area contributed by atoms with Gasteiger partial charge in [0.2, 0.25) is 0 Å². The second kappa shape index (κ2) is 8.31. The molecule has 0 saturated carbocycles. The van der Waals surface area contributed by atoms with Crippen LogP contribution in [-0.2, 0) is 14.2 Å². The van der Waals surface area contributed by atoms with Gasteiger partial charge in [-0.05, 0) is 44.2 Å². The van der Waals surface area contributed by atoms with Gasteiger partial charge in [0, 0.05) is 13.2 Å². The first kappa shape index (κ1) is 16.3. The van der Waals surface area contributed by atoms with Gasteiger partial charge in [-0.1, -0.05) is 12.1 Å². The van der Waals surface area contributed by atoms with Crippen LogP contribution in [0.2, 0.25) is 0 Å². The number of hydrogen-bond donors (Lipinski definition) is 0. The molecule has 0 amide bonds. The Morgan fingerprint density at radius 3 is 2.52 bits per heavy atom. The van der Waals surface area contributed by atoms with E-state index in [2.05, 4.69) is 0 Å². The van der Waals surface area contributed by atoms with Crippen LogP contribution in [0.25, 0.3) is 0 Å². The van der Waals surface area contributed by atoms with Gasteiger partial charge in [0.05, 0.1) is 12.2 Å². The van der Waals surface area contributed by atoms with Gasteiger partial charge in [-0.15, -0.1) is 0 Å². The summed E-state index contributed by atoms with van der Waals surface area (Å²) >= 11 is 0. The second-order valence-electron chi connectivity index (χ2n) is 6.03. The van der Waals surface area contributed by atoms with Crippen LogP contribution in [0.1, 0.15) is 42.5 Å². The SMILES string of the molecule is O=C(OCC1CCCCO1)c1ccccc1OCC1CCCO1. The zero-order valence-electron chi connectivity index (χ0n) is 13.4. The molecule has 126 valence electrons. The highest BCUT2D eigenvalue weighted by molar-refractivity contribution is 5.92. The fraction of sp³-hybridized carbons (Fsp3) is 0.611. The molecule has 2 aliphatic rings. The lowest BCUT2D eigenvalue weighted by Crippen LogP contribution is -2.26. The predicted molar refractivity (Wildman–Crippen MR) is 84.8 cm³/mol. The first-order valence-electron chi connectivity index (χ1n) is 8.45. The molecule has 2 saturated heterocycles. The molecule has 1 aromatic carbocycles. The smallest absolute Gasteiger partial charge is 0.342 e. The molecule has 2 atom stereocenters. The van der Waals surface area contributed by atoms with Gasteiger partial charge in [-0.25, -0.2) is 4.79 Å². The zero-order valence-corrected chi connectivity index (χ0v) is 13.4. The van der Waals surface area contributed by atoms with E-state index in [-0.39, 0.29) is 18.2 Å². The summed E-state index contributed by atoms with van der Waals surface area (Å²) in [5.41, 5.74) is 0.460. The number of rotatable bonds is 6. The minimum absolute atomic E-state index is 0.0210. The van der Waals surface area contributed by atoms with E-state index in [1.807, 2.05) is 12.1 Å². The molecule has 0 radical (unpaired) electrons. The third-order valence-electron chi connectivity index (χ3n) is 4.23. The fourth-order valence-corrected chi connectivity index (χ4v) is 2.90. The summed E-state index contributed by atoms with van der Waals surface area (Å²) in [5.74, 6) is 0.194. The van der Waals surface area contributed by atoms with Crippen molar-refractivity contribution in [2.45, 2.75) is 44.3 Å². The topological polar surface area (TPSA) is 54.0 Å². The minimum Gasteiger partial charge on any atom is -0.490 e. The quantitative estimate of drug-likeness (QED) is 0.754. The first-order chi connectivity index (χ1) is 11.3. The Bertz CT molecular complexity index is 504. The molecule has 0 aliphatic carbocycles. The zero-order chi connectivity index (χ0) is 15.9. The number of para-hydroxylation sites is 1. The van der Waals surface area contributed by atoms with Gasteiger partial charge in [0.25, 0.3) is 0 Å². The van der Waals surface area contributed by atoms with E-state index in [0.717, 1.165) is 45.3 Å². The number of ether oxygens (including phenoxy) is 4. The molecule has 2 unspecified atom stereocenters. The van der Waals surface area contributed by atoms with Crippen LogP contribution in [0.5, 0.6) is 5.75 Å². The first-order valence-corrected chi connectivity index (χ1v) is 8.45. The Morgan fingerprint density at radius 2 is 1.74 bits per heavy atom. The Kier molecular flexibility index (Phi) is 5.88. The van der Waals surface area contributed by atoms with E-state index in [1.54, 1.807) is 12.1 Å². The maximum absolute atomic E-state index is 12.3. The standard InChI is InChI=1S/C18H24O5/c19-18(23-13-14-6-3-4-10-20-14)16-8-1-2-9-17(16)22-12-15-7-5-11-21-15/h1-2,8-9,14-15H,3-7,10-13H2. The molecule has 1 aromatic rings. The number of esters is 1. The predicted octanol–water partition coefficient (Wildman–Crippen LogP) is 2.97. The van der Waals surface area contributed by atoms with Crippen molar-refractivity contribution in [1.82, 2.24) is 0 Å². The van der Waals surface area contributed by atoms with Gasteiger partial charge >= 0.3 is 5.97 Å². The van der Waals surface area contributed by atoms with Gasteiger partial charge in [0.15, 0.2) is 0 Å². The number of hydrogen-bond acceptors (Lipinski definition) is 5. The Labute approximate surface area is 136 Å². The molecule has 0 spiro atoms. The van der Waals surface area contributed by atoms with Crippen LogP contribution in [0.4, 0.5) is 0 Å². The summed E-state index contributed by atoms with van der Waals surface area (Å²) < 4.78 is 22.3. The number of carbonyl (C=O) groups is 1. The van der Waals surface area contributed by atoms with Crippen molar-refractivity contribution in [2.24, 2.45) is 0 Å². The average molecular weight is 320 g/mol. The van der Waals surface area contributed by atoms with Crippen molar-refractivity contribution >= 4 is 5.97 Å². The maximum atomic E-state index is 12.3. The summed E-state index contributed by atoms with van der Waals surface area (Å²) in [7, 11) is 0. The third kappa shape index (κ3) is 4.69. The lowest BCUT2D eigenvalue weighted by atomic mass is 10.1. The lowest BCUT2D eigenvalue weighted by Gasteiger charge is -2.22. The number of carbonyl (C=O) groups excluding carboxylic acids is 1. The van der Waals surface area contributed by atoms with Crippen molar-refractivity contribution < 1.29 is 23.7 Å². The molecule has 0 bridgehead atoms. The third-order valence-corrected chi connectivity index (χ3v) is 4.23. The van der Waals surface area contributed by atoms with Crippen LogP contribution in [0, 0.1) is 0 Å². The lowest BCUT2D eigenvalue weighted by molar-refractivity contribution is -0.0302. The molecular formula is C18H24O5. The average Bonchev–Trinajstić information content (AvgIpc) is 3.12. The monoisotopic (exact) mass is 320 g/mol. The van der Waals surface area contributed by atoms with Crippen molar-refractivity contribution in [3.8, 4) is 5.75 Å². The van der Waals surface area contributed by atoms with E-state index in [0.29, 0.717) is 24.5 Å². The normalized spacial score (nSPS) is 24.3. The second-order valence-corrected chi connectivity index (χ2v) is 6.03. The molecular weight excluding hydrogens is 296 g/mol. The van der Waals surface area contributed by atoms with Crippen LogP contribution >= 0.6 is 0 Å². The summed E-state index contributed by atoms with van der Waals surface area (Å²) in [6.07, 6.45) is 5.38. The number of benzene rings is 1. The summed E-state index contributed by atoms with van der Waals surface area (Å²) in [6, 6.07) is 7.19. The van der Waals surface area contributed by atoms with E-state index >= 15 is 0 Å². The molecule has 5 heteroatoms. The largest absolute Gasteiger partial charge is 0.490 e. The van der Waals surface area contributed by atoms with Gasteiger partial charge in [-0.2, -0.15) is 0 Å². The summed E-state index contributed by atoms with van der Waals surface area (Å²) in [6.45, 7) is 2.32. The Balaban J connectivity index is 1.53. The molecule has 3 rings (SSSR count). The highest BCUT2D eigenvalue weighted by Crippen LogP contribution is 2.22. The molecule has 0 N–H and O–H groups in total. The highest BCUT2D eigenvalue weighted by Gasteiger charge is 2.20. The molecule has 2 heterocycles. The van der Waals surface area contributed by atoms with E-state index in [4.69, 9.17) is 18.9 Å². The van der Waals surface area contributed by atoms with Crippen LogP contribution in [0.3, 0.4) is 0 Å². The van der Waals surface area contributed by atoms with Crippen molar-refractivity contribution in [3.05, 3.63) is 29.8 Å². The fourth-order valence-electron chi connectivity index (χ4n) is 2.90. The Morgan fingerprint density at radius 1 is 1.00 bits per heavy atom. The summed E-state index contributed by atoms with van der Waals surface area (Å²) in [5, 5.41) is 0. The molecule has 23 heavy (non-hydrogen) atoms. The van der Waals surface area contributed by atoms with Crippen molar-refractivity contribution in [1.29, 1.82) is 0 Å². The minimum atomic E-state index is -0.359. The molecule has 2 aliphatic heterocycles. The molecule has 0 aromatic heterocycles. The van der Waals surface area contributed by atoms with Crippen molar-refractivity contribution in [2.75, 3.05) is 26.4 Å². The van der Waals surface area contributed by atoms with Gasteiger partial charge in [0.1, 0.15) is 24.5 Å². The van der Waals surface area contributed by atoms with Crippen LogP contribution in [-0.4, -0.2) is 44.6 Å². The molecule has 2 fully saturated rings. The van der Waals surface area contributed by atoms with E-state index in [1.165, 1.54) is 0 Å². The van der Waals surface area contributed by atoms with E-state index < -0.39 is 0 Å². The van der Waals surface area contributed by atoms with Crippen molar-refractivity contribution in [3.63, 3.8) is 0 Å². The van der Waals surface area contributed by atoms with Crippen LogP contribution < -0.4 is 4.74 Å². The Hall–Kier alpha value is -1.59. The molecule has 5 nitrogen and oxygen atoms in total. The summed E-state index contributed by atoms with van der Waals surface area (Å²) in [4.78, 5) is 12.3. The maximum Gasteiger partial charge on any atom is 0.342 e. The van der Waals surface area contributed by atoms with Crippen LogP contribution in [0.15, 0.2) is 24.3 Å². The van der Waals surface area contributed by atoms with Gasteiger partial charge < -0.3 is 18.9 Å².